The van der Waals surface area contributed by atoms with Crippen molar-refractivity contribution in [3.63, 3.8) is 0 Å². The third-order valence-corrected chi connectivity index (χ3v) is 8.48. The van der Waals surface area contributed by atoms with Crippen molar-refractivity contribution in [3.05, 3.63) is 51.5 Å². The highest BCUT2D eigenvalue weighted by Gasteiger charge is 2.34. The molecular formula is C21H20F3IN4OS2. The third kappa shape index (κ3) is 5.49. The fourth-order valence-corrected chi connectivity index (χ4v) is 5.75. The standard InChI is InChI=1S/C21H20F3IN4OS2/c1-11-18(32-17(8-25)27-11)16-10-31-20(28-16)29-19(30)13-6-15(7-13)26-9-12-2-4-14(5-3-12)21(22,23)24/h2-5,10,13,15,26H,6-9H2,1H3,(H,28,29,30). The highest BCUT2D eigenvalue weighted by atomic mass is 127. The number of hydrogen-bond acceptors (Lipinski definition) is 6. The molecule has 0 unspecified atom stereocenters. The number of halogens is 4. The fourth-order valence-electron chi connectivity index (χ4n) is 3.46. The second-order valence-electron chi connectivity index (χ2n) is 7.62. The van der Waals surface area contributed by atoms with Crippen molar-refractivity contribution in [1.29, 1.82) is 0 Å². The van der Waals surface area contributed by atoms with E-state index in [0.29, 0.717) is 24.5 Å². The molecule has 1 aliphatic carbocycles. The minimum absolute atomic E-state index is 0.0487. The van der Waals surface area contributed by atoms with Crippen LogP contribution in [-0.4, -0.2) is 21.9 Å². The molecule has 5 nitrogen and oxygen atoms in total. The Hall–Kier alpha value is -1.57. The van der Waals surface area contributed by atoms with Crippen LogP contribution >= 0.6 is 45.3 Å². The molecule has 0 aliphatic heterocycles. The molecule has 1 aromatic carbocycles. The van der Waals surface area contributed by atoms with Gasteiger partial charge in [-0.25, -0.2) is 9.97 Å². The molecule has 0 saturated heterocycles. The molecule has 1 aliphatic rings. The van der Waals surface area contributed by atoms with Crippen molar-refractivity contribution in [2.75, 3.05) is 5.32 Å². The van der Waals surface area contributed by atoms with E-state index in [4.69, 9.17) is 0 Å². The summed E-state index contributed by atoms with van der Waals surface area (Å²) in [6.07, 6.45) is -2.94. The van der Waals surface area contributed by atoms with E-state index in [2.05, 4.69) is 43.2 Å². The summed E-state index contributed by atoms with van der Waals surface area (Å²) in [5.41, 5.74) is 1.92. The van der Waals surface area contributed by atoms with E-state index in [1.54, 1.807) is 11.3 Å². The van der Waals surface area contributed by atoms with Gasteiger partial charge < -0.3 is 10.6 Å². The molecule has 2 aromatic heterocycles. The predicted molar refractivity (Wildman–Crippen MR) is 129 cm³/mol. The van der Waals surface area contributed by atoms with Crippen LogP contribution in [0.4, 0.5) is 18.3 Å². The van der Waals surface area contributed by atoms with E-state index in [0.717, 1.165) is 43.4 Å². The second kappa shape index (κ2) is 9.74. The molecule has 0 bridgehead atoms. The molecule has 2 N–H and O–H groups in total. The van der Waals surface area contributed by atoms with Crippen LogP contribution in [0.3, 0.4) is 0 Å². The molecule has 11 heteroatoms. The maximum absolute atomic E-state index is 12.6. The quantitative estimate of drug-likeness (QED) is 0.260. The zero-order valence-corrected chi connectivity index (χ0v) is 20.8. The van der Waals surface area contributed by atoms with Crippen LogP contribution in [-0.2, 0) is 21.9 Å². The van der Waals surface area contributed by atoms with Crippen molar-refractivity contribution in [1.82, 2.24) is 15.3 Å². The third-order valence-electron chi connectivity index (χ3n) is 5.31. The summed E-state index contributed by atoms with van der Waals surface area (Å²) in [5, 5.41) is 9.78. The summed E-state index contributed by atoms with van der Waals surface area (Å²) >= 11 is 5.30. The van der Waals surface area contributed by atoms with Gasteiger partial charge >= 0.3 is 6.18 Å². The highest BCUT2D eigenvalue weighted by molar-refractivity contribution is 14.1. The van der Waals surface area contributed by atoms with Crippen molar-refractivity contribution in [2.24, 2.45) is 5.92 Å². The molecule has 1 amide bonds. The Labute approximate surface area is 205 Å². The molecule has 0 spiro atoms. The number of rotatable bonds is 7. The Balaban J connectivity index is 1.24. The summed E-state index contributed by atoms with van der Waals surface area (Å²) in [6, 6.07) is 5.31. The lowest BCUT2D eigenvalue weighted by molar-refractivity contribution is -0.137. The van der Waals surface area contributed by atoms with Crippen LogP contribution in [0.25, 0.3) is 10.6 Å². The first kappa shape index (κ1) is 23.6. The largest absolute Gasteiger partial charge is 0.416 e. The number of amides is 1. The zero-order valence-electron chi connectivity index (χ0n) is 17.0. The summed E-state index contributed by atoms with van der Waals surface area (Å²) in [4.78, 5) is 22.6. The highest BCUT2D eigenvalue weighted by Crippen LogP contribution is 2.34. The number of nitrogens with one attached hydrogen (secondary N) is 2. The number of nitrogens with zero attached hydrogens (tertiary/aromatic N) is 2. The van der Waals surface area contributed by atoms with Gasteiger partial charge in [-0.05, 0) is 37.5 Å². The monoisotopic (exact) mass is 592 g/mol. The molecule has 3 aromatic rings. The Morgan fingerprint density at radius 1 is 1.22 bits per heavy atom. The summed E-state index contributed by atoms with van der Waals surface area (Å²) in [5.74, 6) is -0.143. The van der Waals surface area contributed by atoms with E-state index >= 15 is 0 Å². The van der Waals surface area contributed by atoms with Gasteiger partial charge in [0.15, 0.2) is 5.13 Å². The number of hydrogen-bond donors (Lipinski definition) is 2. The average molecular weight is 592 g/mol. The summed E-state index contributed by atoms with van der Waals surface area (Å²) in [6.45, 7) is 2.44. The summed E-state index contributed by atoms with van der Waals surface area (Å²) < 4.78 is 38.8. The number of thiazole rings is 2. The molecular weight excluding hydrogens is 572 g/mol. The molecule has 1 fully saturated rings. The number of benzene rings is 1. The lowest BCUT2D eigenvalue weighted by atomic mass is 9.79. The number of carbonyl (C=O) groups is 1. The lowest BCUT2D eigenvalue weighted by Gasteiger charge is -2.34. The zero-order chi connectivity index (χ0) is 22.9. The fraction of sp³-hybridized carbons (Fsp3) is 0.381. The van der Waals surface area contributed by atoms with E-state index in [9.17, 15) is 18.0 Å². The van der Waals surface area contributed by atoms with Crippen molar-refractivity contribution < 1.29 is 18.0 Å². The van der Waals surface area contributed by atoms with Crippen LogP contribution in [0.2, 0.25) is 0 Å². The Kier molecular flexibility index (Phi) is 7.18. The Morgan fingerprint density at radius 3 is 2.56 bits per heavy atom. The first-order valence-electron chi connectivity index (χ1n) is 9.91. The first-order valence-corrected chi connectivity index (χ1v) is 13.1. The molecule has 0 atom stereocenters. The van der Waals surface area contributed by atoms with Gasteiger partial charge in [0.1, 0.15) is 5.01 Å². The second-order valence-corrected chi connectivity index (χ2v) is 10.3. The van der Waals surface area contributed by atoms with Crippen molar-refractivity contribution >= 4 is 56.3 Å². The van der Waals surface area contributed by atoms with Crippen molar-refractivity contribution in [3.8, 4) is 10.6 Å². The van der Waals surface area contributed by atoms with Crippen LogP contribution < -0.4 is 10.6 Å². The SMILES string of the molecule is Cc1nc(CI)sc1-c1csc(NC(=O)C2CC(NCc3ccc(C(F)(F)F)cc3)C2)n1. The van der Waals surface area contributed by atoms with E-state index < -0.39 is 11.7 Å². The van der Waals surface area contributed by atoms with Gasteiger partial charge in [-0.1, -0.05) is 34.7 Å². The minimum atomic E-state index is -4.32. The van der Waals surface area contributed by atoms with Crippen LogP contribution in [0, 0.1) is 12.8 Å². The number of alkyl halides is 4. The van der Waals surface area contributed by atoms with E-state index in [1.165, 1.54) is 23.5 Å². The summed E-state index contributed by atoms with van der Waals surface area (Å²) in [7, 11) is 0. The normalized spacial score (nSPS) is 18.4. The average Bonchev–Trinajstić information content (AvgIpc) is 3.32. The Morgan fingerprint density at radius 2 is 1.94 bits per heavy atom. The molecule has 0 radical (unpaired) electrons. The number of aryl methyl sites for hydroxylation is 1. The van der Waals surface area contributed by atoms with Crippen LogP contribution in [0.5, 0.6) is 0 Å². The lowest BCUT2D eigenvalue weighted by Crippen LogP contribution is -2.45. The van der Waals surface area contributed by atoms with Gasteiger partial charge in [-0.15, -0.1) is 22.7 Å². The molecule has 170 valence electrons. The number of anilines is 1. The van der Waals surface area contributed by atoms with Gasteiger partial charge in [0, 0.05) is 23.9 Å². The number of carbonyl (C=O) groups excluding carboxylic acids is 1. The minimum Gasteiger partial charge on any atom is -0.310 e. The topological polar surface area (TPSA) is 66.9 Å². The van der Waals surface area contributed by atoms with E-state index in [1.807, 2.05) is 12.3 Å². The molecule has 2 heterocycles. The van der Waals surface area contributed by atoms with Gasteiger partial charge in [-0.3, -0.25) is 4.79 Å². The molecule has 4 rings (SSSR count). The Bertz CT molecular complexity index is 1090. The van der Waals surface area contributed by atoms with Crippen molar-refractivity contribution in [2.45, 2.75) is 43.0 Å². The van der Waals surface area contributed by atoms with Gasteiger partial charge in [0.05, 0.1) is 26.3 Å². The van der Waals surface area contributed by atoms with E-state index in [-0.39, 0.29) is 17.9 Å². The molecule has 1 saturated carbocycles. The predicted octanol–water partition coefficient (Wildman–Crippen LogP) is 6.04. The number of aromatic nitrogens is 2. The molecule has 32 heavy (non-hydrogen) atoms. The van der Waals surface area contributed by atoms with Gasteiger partial charge in [-0.2, -0.15) is 13.2 Å². The van der Waals surface area contributed by atoms with Gasteiger partial charge in [0.25, 0.3) is 0 Å². The van der Waals surface area contributed by atoms with Crippen LogP contribution in [0.15, 0.2) is 29.6 Å². The smallest absolute Gasteiger partial charge is 0.310 e. The maximum Gasteiger partial charge on any atom is 0.416 e. The van der Waals surface area contributed by atoms with Gasteiger partial charge in [0.2, 0.25) is 5.91 Å². The first-order chi connectivity index (χ1) is 15.2. The maximum atomic E-state index is 12.6. The van der Waals surface area contributed by atoms with Crippen LogP contribution in [0.1, 0.15) is 34.7 Å².